The third-order valence-electron chi connectivity index (χ3n) is 2.54. The normalized spacial score (nSPS) is 10.4. The molecule has 0 saturated carbocycles. The Morgan fingerprint density at radius 3 is 2.90 bits per heavy atom. The molecule has 0 atom stereocenters. The first-order valence-corrected chi connectivity index (χ1v) is 6.92. The standard InChI is InChI=1S/C13H8ClN5S/c1-7-4-9(6-15)17-12(16-7)19-13-18-10-3-2-8(14)5-11(10)20-13/h2-5H,1H3,(H,16,17,18,19). The molecule has 0 bridgehead atoms. The first-order valence-electron chi connectivity index (χ1n) is 5.73. The summed E-state index contributed by atoms with van der Waals surface area (Å²) in [5.41, 5.74) is 1.91. The van der Waals surface area contributed by atoms with Crippen LogP contribution in [0.2, 0.25) is 5.02 Å². The molecule has 1 aromatic carbocycles. The number of aromatic nitrogens is 3. The number of benzene rings is 1. The van der Waals surface area contributed by atoms with E-state index in [2.05, 4.69) is 20.3 Å². The van der Waals surface area contributed by atoms with E-state index < -0.39 is 0 Å². The summed E-state index contributed by atoms with van der Waals surface area (Å²) in [4.78, 5) is 12.7. The van der Waals surface area contributed by atoms with Crippen LogP contribution in [0.15, 0.2) is 24.3 Å². The molecule has 98 valence electrons. The zero-order valence-corrected chi connectivity index (χ0v) is 12.0. The number of nitrogens with one attached hydrogen (secondary N) is 1. The SMILES string of the molecule is Cc1cc(C#N)nc(Nc2nc3ccc(Cl)cc3s2)n1. The number of nitrogens with zero attached hydrogens (tertiary/aromatic N) is 4. The van der Waals surface area contributed by atoms with Gasteiger partial charge in [0.1, 0.15) is 11.8 Å². The summed E-state index contributed by atoms with van der Waals surface area (Å²) in [6, 6.07) is 9.14. The molecule has 3 rings (SSSR count). The fraction of sp³-hybridized carbons (Fsp3) is 0.0769. The second kappa shape index (κ2) is 5.04. The van der Waals surface area contributed by atoms with Gasteiger partial charge in [-0.1, -0.05) is 22.9 Å². The van der Waals surface area contributed by atoms with Gasteiger partial charge >= 0.3 is 0 Å². The molecule has 0 unspecified atom stereocenters. The lowest BCUT2D eigenvalue weighted by Gasteiger charge is -2.01. The Labute approximate surface area is 123 Å². The molecule has 0 aliphatic rings. The lowest BCUT2D eigenvalue weighted by Crippen LogP contribution is -1.99. The maximum absolute atomic E-state index is 8.90. The molecule has 1 N–H and O–H groups in total. The lowest BCUT2D eigenvalue weighted by molar-refractivity contribution is 1.08. The van der Waals surface area contributed by atoms with Gasteiger partial charge in [-0.3, -0.25) is 5.32 Å². The predicted molar refractivity (Wildman–Crippen MR) is 79.4 cm³/mol. The minimum absolute atomic E-state index is 0.323. The van der Waals surface area contributed by atoms with E-state index in [0.717, 1.165) is 15.9 Å². The summed E-state index contributed by atoms with van der Waals surface area (Å²) in [5, 5.41) is 13.3. The predicted octanol–water partition coefficient (Wildman–Crippen LogP) is 3.66. The third kappa shape index (κ3) is 2.54. The minimum atomic E-state index is 0.323. The molecular weight excluding hydrogens is 294 g/mol. The monoisotopic (exact) mass is 301 g/mol. The van der Waals surface area contributed by atoms with E-state index >= 15 is 0 Å². The average Bonchev–Trinajstić information content (AvgIpc) is 2.79. The highest BCUT2D eigenvalue weighted by molar-refractivity contribution is 7.22. The highest BCUT2D eigenvalue weighted by atomic mass is 35.5. The van der Waals surface area contributed by atoms with Crippen molar-refractivity contribution < 1.29 is 0 Å². The van der Waals surface area contributed by atoms with Gasteiger partial charge in [0.05, 0.1) is 10.2 Å². The number of aryl methyl sites for hydroxylation is 1. The molecule has 2 heterocycles. The van der Waals surface area contributed by atoms with Crippen molar-refractivity contribution in [1.29, 1.82) is 5.26 Å². The van der Waals surface area contributed by atoms with E-state index in [-0.39, 0.29) is 0 Å². The first kappa shape index (κ1) is 12.8. The molecule has 0 amide bonds. The van der Waals surface area contributed by atoms with Gasteiger partial charge in [-0.05, 0) is 31.2 Å². The highest BCUT2D eigenvalue weighted by Gasteiger charge is 2.07. The fourth-order valence-electron chi connectivity index (χ4n) is 1.73. The van der Waals surface area contributed by atoms with Gasteiger partial charge in [-0.2, -0.15) is 5.26 Å². The summed E-state index contributed by atoms with van der Waals surface area (Å²) in [7, 11) is 0. The molecule has 0 spiro atoms. The third-order valence-corrected chi connectivity index (χ3v) is 3.71. The quantitative estimate of drug-likeness (QED) is 0.781. The molecule has 3 aromatic rings. The van der Waals surface area contributed by atoms with Gasteiger partial charge in [0, 0.05) is 10.7 Å². The number of fused-ring (bicyclic) bond motifs is 1. The van der Waals surface area contributed by atoms with Crippen LogP contribution in [-0.4, -0.2) is 15.0 Å². The van der Waals surface area contributed by atoms with E-state index in [9.17, 15) is 0 Å². The summed E-state index contributed by atoms with van der Waals surface area (Å²) in [6.45, 7) is 1.81. The summed E-state index contributed by atoms with van der Waals surface area (Å²) in [5.74, 6) is 0.367. The van der Waals surface area contributed by atoms with Crippen molar-refractivity contribution in [3.63, 3.8) is 0 Å². The first-order chi connectivity index (χ1) is 9.64. The lowest BCUT2D eigenvalue weighted by atomic mass is 10.3. The van der Waals surface area contributed by atoms with Crippen LogP contribution in [0.3, 0.4) is 0 Å². The fourth-order valence-corrected chi connectivity index (χ4v) is 2.86. The largest absolute Gasteiger partial charge is 0.300 e. The molecule has 0 aliphatic carbocycles. The Hall–Kier alpha value is -2.23. The molecule has 20 heavy (non-hydrogen) atoms. The van der Waals surface area contributed by atoms with Gasteiger partial charge in [0.15, 0.2) is 5.13 Å². The maximum Gasteiger partial charge on any atom is 0.230 e. The van der Waals surface area contributed by atoms with Crippen LogP contribution >= 0.6 is 22.9 Å². The maximum atomic E-state index is 8.90. The molecule has 5 nitrogen and oxygen atoms in total. The molecule has 0 radical (unpaired) electrons. The highest BCUT2D eigenvalue weighted by Crippen LogP contribution is 2.29. The Kier molecular flexibility index (Phi) is 3.22. The number of anilines is 2. The Morgan fingerprint density at radius 1 is 1.25 bits per heavy atom. The van der Waals surface area contributed by atoms with Crippen LogP contribution in [0.4, 0.5) is 11.1 Å². The Balaban J connectivity index is 1.97. The zero-order chi connectivity index (χ0) is 14.1. The van der Waals surface area contributed by atoms with Crippen molar-refractivity contribution in [3.05, 3.63) is 40.7 Å². The average molecular weight is 302 g/mol. The Bertz CT molecular complexity index is 836. The number of nitriles is 1. The number of hydrogen-bond donors (Lipinski definition) is 1. The van der Waals surface area contributed by atoms with Gasteiger partial charge in [0.2, 0.25) is 5.95 Å². The molecule has 7 heteroatoms. The number of thiazole rings is 1. The van der Waals surface area contributed by atoms with Crippen LogP contribution in [0.1, 0.15) is 11.4 Å². The van der Waals surface area contributed by atoms with Crippen molar-refractivity contribution in [2.24, 2.45) is 0 Å². The van der Waals surface area contributed by atoms with Gasteiger partial charge in [0.25, 0.3) is 0 Å². The van der Waals surface area contributed by atoms with Gasteiger partial charge in [-0.25, -0.2) is 15.0 Å². The topological polar surface area (TPSA) is 74.5 Å². The molecule has 0 saturated heterocycles. The van der Waals surface area contributed by atoms with Crippen LogP contribution < -0.4 is 5.32 Å². The van der Waals surface area contributed by atoms with Crippen molar-refractivity contribution in [3.8, 4) is 6.07 Å². The van der Waals surface area contributed by atoms with Crippen molar-refractivity contribution in [1.82, 2.24) is 15.0 Å². The van der Waals surface area contributed by atoms with E-state index in [1.165, 1.54) is 11.3 Å². The second-order valence-corrected chi connectivity index (χ2v) is 5.55. The number of rotatable bonds is 2. The van der Waals surface area contributed by atoms with Crippen molar-refractivity contribution in [2.45, 2.75) is 6.92 Å². The van der Waals surface area contributed by atoms with Crippen LogP contribution in [0, 0.1) is 18.3 Å². The molecule has 2 aromatic heterocycles. The molecule has 0 fully saturated rings. The van der Waals surface area contributed by atoms with E-state index in [1.54, 1.807) is 12.1 Å². The van der Waals surface area contributed by atoms with Crippen LogP contribution in [-0.2, 0) is 0 Å². The smallest absolute Gasteiger partial charge is 0.230 e. The van der Waals surface area contributed by atoms with E-state index in [0.29, 0.717) is 21.8 Å². The molecular formula is C13H8ClN5S. The van der Waals surface area contributed by atoms with Gasteiger partial charge < -0.3 is 0 Å². The number of halogens is 1. The Morgan fingerprint density at radius 2 is 2.10 bits per heavy atom. The summed E-state index contributed by atoms with van der Waals surface area (Å²) < 4.78 is 0.980. The van der Waals surface area contributed by atoms with Crippen molar-refractivity contribution >= 4 is 44.2 Å². The summed E-state index contributed by atoms with van der Waals surface area (Å²) in [6.07, 6.45) is 0. The summed E-state index contributed by atoms with van der Waals surface area (Å²) >= 11 is 7.40. The van der Waals surface area contributed by atoms with Gasteiger partial charge in [-0.15, -0.1) is 0 Å². The van der Waals surface area contributed by atoms with Crippen LogP contribution in [0.25, 0.3) is 10.2 Å². The van der Waals surface area contributed by atoms with E-state index in [1.807, 2.05) is 25.1 Å². The van der Waals surface area contributed by atoms with Crippen molar-refractivity contribution in [2.75, 3.05) is 5.32 Å². The second-order valence-electron chi connectivity index (χ2n) is 4.09. The van der Waals surface area contributed by atoms with E-state index in [4.69, 9.17) is 16.9 Å². The zero-order valence-electron chi connectivity index (χ0n) is 10.4. The minimum Gasteiger partial charge on any atom is -0.300 e. The number of hydrogen-bond acceptors (Lipinski definition) is 6. The molecule has 0 aliphatic heterocycles. The van der Waals surface area contributed by atoms with Crippen LogP contribution in [0.5, 0.6) is 0 Å².